The van der Waals surface area contributed by atoms with Crippen LogP contribution in [0.25, 0.3) is 11.0 Å². The van der Waals surface area contributed by atoms with Crippen molar-refractivity contribution in [3.63, 3.8) is 0 Å². The van der Waals surface area contributed by atoms with Crippen LogP contribution in [0, 0.1) is 13.8 Å². The molecular formula is C9H9NO2. The second-order valence-corrected chi connectivity index (χ2v) is 2.83. The van der Waals surface area contributed by atoms with Crippen LogP contribution >= 0.6 is 0 Å². The average molecular weight is 163 g/mol. The fourth-order valence-electron chi connectivity index (χ4n) is 1.32. The summed E-state index contributed by atoms with van der Waals surface area (Å²) in [6.07, 6.45) is 1.59. The van der Waals surface area contributed by atoms with E-state index in [9.17, 15) is 4.79 Å². The van der Waals surface area contributed by atoms with Gasteiger partial charge in [0.25, 0.3) is 5.56 Å². The molecule has 0 aliphatic rings. The van der Waals surface area contributed by atoms with Crippen LogP contribution in [0.2, 0.25) is 0 Å². The summed E-state index contributed by atoms with van der Waals surface area (Å²) < 4.78 is 5.36. The van der Waals surface area contributed by atoms with Gasteiger partial charge in [0.15, 0.2) is 0 Å². The maximum Gasteiger partial charge on any atom is 0.259 e. The van der Waals surface area contributed by atoms with Crippen LogP contribution in [-0.2, 0) is 0 Å². The minimum atomic E-state index is -0.0816. The number of pyridine rings is 1. The maximum absolute atomic E-state index is 11.3. The highest BCUT2D eigenvalue weighted by atomic mass is 16.3. The minimum Gasteiger partial charge on any atom is -0.461 e. The third-order valence-corrected chi connectivity index (χ3v) is 2.09. The number of rotatable bonds is 0. The van der Waals surface area contributed by atoms with Crippen LogP contribution < -0.4 is 5.56 Å². The number of aryl methyl sites for hydroxylation is 2. The Balaban J connectivity index is 3.07. The lowest BCUT2D eigenvalue weighted by Gasteiger charge is -1.85. The molecule has 0 saturated carbocycles. The van der Waals surface area contributed by atoms with Crippen molar-refractivity contribution in [3.8, 4) is 0 Å². The molecule has 0 unspecified atom stereocenters. The van der Waals surface area contributed by atoms with Gasteiger partial charge in [0, 0.05) is 11.8 Å². The standard InChI is InChI=1S/C9H9NO2/c1-5-6(2)12-7-3-4-10-9(11)8(5)7/h3-4H,1-2H3,(H,10,11). The highest BCUT2D eigenvalue weighted by Crippen LogP contribution is 2.19. The van der Waals surface area contributed by atoms with Crippen molar-refractivity contribution in [2.75, 3.05) is 0 Å². The minimum absolute atomic E-state index is 0.0816. The molecule has 1 N–H and O–H groups in total. The number of hydrogen-bond acceptors (Lipinski definition) is 2. The summed E-state index contributed by atoms with van der Waals surface area (Å²) in [6, 6.07) is 1.76. The van der Waals surface area contributed by atoms with Gasteiger partial charge in [-0.3, -0.25) is 4.79 Å². The van der Waals surface area contributed by atoms with E-state index in [1.54, 1.807) is 12.3 Å². The van der Waals surface area contributed by atoms with Crippen molar-refractivity contribution in [2.24, 2.45) is 0 Å². The monoisotopic (exact) mass is 163 g/mol. The highest BCUT2D eigenvalue weighted by Gasteiger charge is 2.08. The van der Waals surface area contributed by atoms with Gasteiger partial charge in [-0.2, -0.15) is 0 Å². The molecule has 2 aromatic heterocycles. The summed E-state index contributed by atoms with van der Waals surface area (Å²) in [5.74, 6) is 0.807. The van der Waals surface area contributed by atoms with Gasteiger partial charge in [-0.15, -0.1) is 0 Å². The van der Waals surface area contributed by atoms with Gasteiger partial charge in [0.05, 0.1) is 5.39 Å². The van der Waals surface area contributed by atoms with E-state index >= 15 is 0 Å². The number of fused-ring (bicyclic) bond motifs is 1. The highest BCUT2D eigenvalue weighted by molar-refractivity contribution is 5.80. The van der Waals surface area contributed by atoms with Gasteiger partial charge in [-0.05, 0) is 19.9 Å². The molecule has 12 heavy (non-hydrogen) atoms. The zero-order valence-electron chi connectivity index (χ0n) is 6.97. The SMILES string of the molecule is Cc1oc2cc[nH]c(=O)c2c1C. The molecule has 0 spiro atoms. The predicted octanol–water partition coefficient (Wildman–Crippen LogP) is 1.74. The molecule has 2 rings (SSSR count). The summed E-state index contributed by atoms with van der Waals surface area (Å²) in [5.41, 5.74) is 1.50. The molecule has 3 heteroatoms. The van der Waals surface area contributed by atoms with Crippen LogP contribution in [0.5, 0.6) is 0 Å². The third-order valence-electron chi connectivity index (χ3n) is 2.09. The zero-order chi connectivity index (χ0) is 8.72. The lowest BCUT2D eigenvalue weighted by atomic mass is 10.2. The van der Waals surface area contributed by atoms with E-state index < -0.39 is 0 Å². The van der Waals surface area contributed by atoms with E-state index in [2.05, 4.69) is 4.98 Å². The molecular weight excluding hydrogens is 154 g/mol. The first-order valence-electron chi connectivity index (χ1n) is 3.77. The second kappa shape index (κ2) is 2.24. The number of H-pyrrole nitrogens is 1. The summed E-state index contributed by atoms with van der Waals surface area (Å²) in [5, 5.41) is 0.662. The zero-order valence-corrected chi connectivity index (χ0v) is 6.97. The molecule has 2 aromatic rings. The Morgan fingerprint density at radius 2 is 2.17 bits per heavy atom. The first kappa shape index (κ1) is 7.16. The lowest BCUT2D eigenvalue weighted by molar-refractivity contribution is 0.575. The Kier molecular flexibility index (Phi) is 1.33. The second-order valence-electron chi connectivity index (χ2n) is 2.83. The van der Waals surface area contributed by atoms with Gasteiger partial charge >= 0.3 is 0 Å². The number of aromatic nitrogens is 1. The largest absolute Gasteiger partial charge is 0.461 e. The molecule has 2 heterocycles. The predicted molar refractivity (Wildman–Crippen MR) is 46.3 cm³/mol. The molecule has 0 amide bonds. The Morgan fingerprint density at radius 1 is 1.42 bits per heavy atom. The van der Waals surface area contributed by atoms with Crippen LogP contribution in [0.4, 0.5) is 0 Å². The first-order valence-corrected chi connectivity index (χ1v) is 3.77. The number of furan rings is 1. The molecule has 0 fully saturated rings. The van der Waals surface area contributed by atoms with Crippen molar-refractivity contribution < 1.29 is 4.42 Å². The van der Waals surface area contributed by atoms with E-state index in [4.69, 9.17) is 4.42 Å². The van der Waals surface area contributed by atoms with Crippen LogP contribution in [0.15, 0.2) is 21.5 Å². The third kappa shape index (κ3) is 0.794. The van der Waals surface area contributed by atoms with Crippen LogP contribution in [-0.4, -0.2) is 4.98 Å². The number of nitrogens with one attached hydrogen (secondary N) is 1. The molecule has 0 aliphatic heterocycles. The lowest BCUT2D eigenvalue weighted by Crippen LogP contribution is -2.03. The summed E-state index contributed by atoms with van der Waals surface area (Å²) in [4.78, 5) is 13.9. The molecule has 0 saturated heterocycles. The Labute approximate surface area is 69.0 Å². The first-order chi connectivity index (χ1) is 5.70. The van der Waals surface area contributed by atoms with E-state index in [1.807, 2.05) is 13.8 Å². The van der Waals surface area contributed by atoms with Gasteiger partial charge in [0.2, 0.25) is 0 Å². The summed E-state index contributed by atoms with van der Waals surface area (Å²) in [6.45, 7) is 3.74. The number of hydrogen-bond donors (Lipinski definition) is 1. The van der Waals surface area contributed by atoms with Crippen molar-refractivity contribution in [3.05, 3.63) is 33.9 Å². The van der Waals surface area contributed by atoms with E-state index in [-0.39, 0.29) is 5.56 Å². The maximum atomic E-state index is 11.3. The van der Waals surface area contributed by atoms with Gasteiger partial charge < -0.3 is 9.40 Å². The van der Waals surface area contributed by atoms with Crippen molar-refractivity contribution in [2.45, 2.75) is 13.8 Å². The Bertz CT molecular complexity index is 479. The van der Waals surface area contributed by atoms with Crippen molar-refractivity contribution in [1.82, 2.24) is 4.98 Å². The smallest absolute Gasteiger partial charge is 0.259 e. The molecule has 0 bridgehead atoms. The topological polar surface area (TPSA) is 46.0 Å². The molecule has 62 valence electrons. The van der Waals surface area contributed by atoms with Crippen molar-refractivity contribution >= 4 is 11.0 Å². The fourth-order valence-corrected chi connectivity index (χ4v) is 1.32. The quantitative estimate of drug-likeness (QED) is 0.643. The van der Waals surface area contributed by atoms with E-state index in [0.717, 1.165) is 11.3 Å². The molecule has 0 aliphatic carbocycles. The van der Waals surface area contributed by atoms with Gasteiger partial charge in [-0.1, -0.05) is 0 Å². The number of aromatic amines is 1. The van der Waals surface area contributed by atoms with E-state index in [0.29, 0.717) is 11.0 Å². The van der Waals surface area contributed by atoms with Crippen LogP contribution in [0.3, 0.4) is 0 Å². The van der Waals surface area contributed by atoms with Crippen molar-refractivity contribution in [1.29, 1.82) is 0 Å². The van der Waals surface area contributed by atoms with Gasteiger partial charge in [0.1, 0.15) is 11.3 Å². The van der Waals surface area contributed by atoms with E-state index in [1.165, 1.54) is 0 Å². The molecule has 0 aromatic carbocycles. The van der Waals surface area contributed by atoms with Crippen LogP contribution in [0.1, 0.15) is 11.3 Å². The molecule has 3 nitrogen and oxygen atoms in total. The normalized spacial score (nSPS) is 10.8. The Hall–Kier alpha value is -1.51. The Morgan fingerprint density at radius 3 is 2.83 bits per heavy atom. The fraction of sp³-hybridized carbons (Fsp3) is 0.222. The summed E-state index contributed by atoms with van der Waals surface area (Å²) in [7, 11) is 0. The molecule has 0 atom stereocenters. The molecule has 0 radical (unpaired) electrons. The van der Waals surface area contributed by atoms with Gasteiger partial charge in [-0.25, -0.2) is 0 Å². The summed E-state index contributed by atoms with van der Waals surface area (Å²) >= 11 is 0. The average Bonchev–Trinajstić information content (AvgIpc) is 2.29.